The lowest BCUT2D eigenvalue weighted by Crippen LogP contribution is -2.89. The van der Waals surface area contributed by atoms with Gasteiger partial charge in [-0.2, -0.15) is 0 Å². The van der Waals surface area contributed by atoms with Gasteiger partial charge in [-0.05, 0) is 6.92 Å². The van der Waals surface area contributed by atoms with Crippen LogP contribution < -0.4 is 5.32 Å². The Labute approximate surface area is 43.9 Å². The zero-order chi connectivity index (χ0) is 5.11. The Morgan fingerprint density at radius 2 is 2.57 bits per heavy atom. The summed E-state index contributed by atoms with van der Waals surface area (Å²) in [6.45, 7) is 5.32. The van der Waals surface area contributed by atoms with Gasteiger partial charge in [-0.15, -0.1) is 0 Å². The van der Waals surface area contributed by atoms with Gasteiger partial charge in [-0.3, -0.25) is 0 Å². The van der Waals surface area contributed by atoms with Gasteiger partial charge < -0.3 is 10.1 Å². The largest absolute Gasteiger partial charge is 0.367 e. The molecule has 0 bridgehead atoms. The molecule has 0 aromatic rings. The maximum atomic E-state index is 5.25. The summed E-state index contributed by atoms with van der Waals surface area (Å²) in [5.41, 5.74) is 0. The van der Waals surface area contributed by atoms with E-state index in [0.29, 0.717) is 6.10 Å². The van der Waals surface area contributed by atoms with Crippen molar-refractivity contribution in [2.24, 2.45) is 0 Å². The Morgan fingerprint density at radius 3 is 2.86 bits per heavy atom. The second-order valence-electron chi connectivity index (χ2n) is 1.99. The lowest BCUT2D eigenvalue weighted by molar-refractivity contribution is -0.676. The summed E-state index contributed by atoms with van der Waals surface area (Å²) in [6.07, 6.45) is 0.480. The molecule has 0 aliphatic carbocycles. The number of hydrogen-bond donors (Lipinski definition) is 1. The van der Waals surface area contributed by atoms with E-state index in [1.54, 1.807) is 0 Å². The summed E-state index contributed by atoms with van der Waals surface area (Å²) in [7, 11) is 0. The third-order valence-electron chi connectivity index (χ3n) is 1.22. The number of rotatable bonds is 0. The third kappa shape index (κ3) is 1.45. The van der Waals surface area contributed by atoms with E-state index in [2.05, 4.69) is 12.2 Å². The molecule has 1 aliphatic rings. The predicted molar refractivity (Wildman–Crippen MR) is 27.1 cm³/mol. The number of morpholine rings is 1. The second kappa shape index (κ2) is 2.28. The van der Waals surface area contributed by atoms with Gasteiger partial charge >= 0.3 is 0 Å². The molecule has 0 radical (unpaired) electrons. The van der Waals surface area contributed by atoms with Crippen molar-refractivity contribution in [1.82, 2.24) is 0 Å². The van der Waals surface area contributed by atoms with Crippen molar-refractivity contribution < 1.29 is 10.1 Å². The molecule has 1 rings (SSSR count). The number of hydrogen-bond acceptors (Lipinski definition) is 1. The highest BCUT2D eigenvalue weighted by molar-refractivity contribution is 4.46. The molecule has 42 valence electrons. The lowest BCUT2D eigenvalue weighted by Gasteiger charge is -2.15. The van der Waals surface area contributed by atoms with Crippen molar-refractivity contribution in [3.63, 3.8) is 0 Å². The fourth-order valence-corrected chi connectivity index (χ4v) is 0.773. The van der Waals surface area contributed by atoms with E-state index in [1.165, 1.54) is 0 Å². The smallest absolute Gasteiger partial charge is 0.104 e. The molecule has 0 saturated carbocycles. The molecule has 1 aliphatic heterocycles. The van der Waals surface area contributed by atoms with Gasteiger partial charge in [-0.1, -0.05) is 0 Å². The van der Waals surface area contributed by atoms with E-state index < -0.39 is 0 Å². The van der Waals surface area contributed by atoms with E-state index in [-0.39, 0.29) is 0 Å². The Morgan fingerprint density at radius 1 is 1.71 bits per heavy atom. The zero-order valence-electron chi connectivity index (χ0n) is 4.68. The quantitative estimate of drug-likeness (QED) is 0.416. The predicted octanol–water partition coefficient (Wildman–Crippen LogP) is -1.03. The lowest BCUT2D eigenvalue weighted by atomic mass is 10.3. The molecule has 2 nitrogen and oxygen atoms in total. The molecule has 1 fully saturated rings. The maximum absolute atomic E-state index is 5.25. The molecule has 0 amide bonds. The average Bonchev–Trinajstić information content (AvgIpc) is 1.69. The van der Waals surface area contributed by atoms with Crippen LogP contribution in [0.5, 0.6) is 0 Å². The molecule has 7 heavy (non-hydrogen) atoms. The molecule has 0 unspecified atom stereocenters. The van der Waals surface area contributed by atoms with Crippen molar-refractivity contribution >= 4 is 0 Å². The van der Waals surface area contributed by atoms with E-state index >= 15 is 0 Å². The van der Waals surface area contributed by atoms with Crippen LogP contribution in [0.15, 0.2) is 0 Å². The minimum absolute atomic E-state index is 0.480. The van der Waals surface area contributed by atoms with Gasteiger partial charge in [0.05, 0.1) is 13.2 Å². The van der Waals surface area contributed by atoms with Crippen LogP contribution >= 0.6 is 0 Å². The first kappa shape index (κ1) is 5.06. The van der Waals surface area contributed by atoms with Crippen molar-refractivity contribution in [1.29, 1.82) is 0 Å². The van der Waals surface area contributed by atoms with Gasteiger partial charge in [0.25, 0.3) is 0 Å². The summed E-state index contributed by atoms with van der Waals surface area (Å²) in [4.78, 5) is 0. The molecule has 1 heterocycles. The van der Waals surface area contributed by atoms with Crippen LogP contribution in [0.25, 0.3) is 0 Å². The summed E-state index contributed by atoms with van der Waals surface area (Å²) >= 11 is 0. The van der Waals surface area contributed by atoms with Gasteiger partial charge in [0.15, 0.2) is 0 Å². The highest BCUT2D eigenvalue weighted by Gasteiger charge is 2.08. The third-order valence-corrected chi connectivity index (χ3v) is 1.22. The van der Waals surface area contributed by atoms with Gasteiger partial charge in [-0.25, -0.2) is 0 Å². The highest BCUT2D eigenvalue weighted by atomic mass is 16.5. The minimum atomic E-state index is 0.480. The van der Waals surface area contributed by atoms with Crippen molar-refractivity contribution in [3.8, 4) is 0 Å². The molecule has 1 saturated heterocycles. The molecular formula is C5H12NO+. The average molecular weight is 102 g/mol. The fourth-order valence-electron chi connectivity index (χ4n) is 0.773. The highest BCUT2D eigenvalue weighted by Crippen LogP contribution is 1.85. The van der Waals surface area contributed by atoms with E-state index in [9.17, 15) is 0 Å². The van der Waals surface area contributed by atoms with Crippen molar-refractivity contribution in [2.75, 3.05) is 19.7 Å². The van der Waals surface area contributed by atoms with Gasteiger partial charge in [0.2, 0.25) is 0 Å². The van der Waals surface area contributed by atoms with Crippen LogP contribution in [0.4, 0.5) is 0 Å². The summed E-state index contributed by atoms with van der Waals surface area (Å²) in [5.74, 6) is 0. The monoisotopic (exact) mass is 102 g/mol. The van der Waals surface area contributed by atoms with Crippen LogP contribution in [0.3, 0.4) is 0 Å². The molecule has 0 spiro atoms. The SMILES string of the molecule is C[C@@H]1C[NH2+]CCO1. The normalized spacial score (nSPS) is 33.0. The molecule has 0 aromatic heterocycles. The standard InChI is InChI=1S/C5H11NO/c1-5-4-6-2-3-7-5/h5-6H,2-4H2,1H3/p+1/t5-/m1/s1. The number of nitrogens with two attached hydrogens (primary N) is 1. The minimum Gasteiger partial charge on any atom is -0.367 e. The van der Waals surface area contributed by atoms with Crippen LogP contribution in [0.1, 0.15) is 6.92 Å². The van der Waals surface area contributed by atoms with E-state index in [0.717, 1.165) is 19.7 Å². The van der Waals surface area contributed by atoms with Crippen molar-refractivity contribution in [3.05, 3.63) is 0 Å². The first-order chi connectivity index (χ1) is 3.39. The van der Waals surface area contributed by atoms with Crippen LogP contribution in [-0.4, -0.2) is 25.8 Å². The topological polar surface area (TPSA) is 25.8 Å². The summed E-state index contributed by atoms with van der Waals surface area (Å²) < 4.78 is 5.25. The van der Waals surface area contributed by atoms with Crippen molar-refractivity contribution in [2.45, 2.75) is 13.0 Å². The van der Waals surface area contributed by atoms with Crippen LogP contribution in [-0.2, 0) is 4.74 Å². The number of ether oxygens (including phenoxy) is 1. The molecule has 1 atom stereocenters. The van der Waals surface area contributed by atoms with E-state index in [1.807, 2.05) is 0 Å². The Kier molecular flexibility index (Phi) is 1.65. The molecule has 2 heteroatoms. The number of quaternary nitrogens is 1. The first-order valence-electron chi connectivity index (χ1n) is 2.83. The first-order valence-corrected chi connectivity index (χ1v) is 2.83. The van der Waals surface area contributed by atoms with Crippen LogP contribution in [0.2, 0.25) is 0 Å². The van der Waals surface area contributed by atoms with E-state index in [4.69, 9.17) is 4.74 Å². The summed E-state index contributed by atoms with van der Waals surface area (Å²) in [5, 5.41) is 2.29. The zero-order valence-corrected chi connectivity index (χ0v) is 4.68. The van der Waals surface area contributed by atoms with Gasteiger partial charge in [0.1, 0.15) is 12.6 Å². The fraction of sp³-hybridized carbons (Fsp3) is 1.00. The molecule has 0 aromatic carbocycles. The summed E-state index contributed by atoms with van der Waals surface area (Å²) in [6, 6.07) is 0. The molecular weight excluding hydrogens is 90.1 g/mol. The van der Waals surface area contributed by atoms with Crippen LogP contribution in [0, 0.1) is 0 Å². The molecule has 2 N–H and O–H groups in total. The Bertz CT molecular complexity index is 50.0. The van der Waals surface area contributed by atoms with Gasteiger partial charge in [0, 0.05) is 0 Å². The maximum Gasteiger partial charge on any atom is 0.104 e. The Balaban J connectivity index is 2.12. The second-order valence-corrected chi connectivity index (χ2v) is 1.99. The Hall–Kier alpha value is -0.0800.